The van der Waals surface area contributed by atoms with Crippen molar-refractivity contribution in [2.45, 2.75) is 31.1 Å². The van der Waals surface area contributed by atoms with Crippen molar-refractivity contribution in [1.82, 2.24) is 14.5 Å². The van der Waals surface area contributed by atoms with Crippen LogP contribution in [0.25, 0.3) is 0 Å². The maximum absolute atomic E-state index is 12.4. The van der Waals surface area contributed by atoms with Gasteiger partial charge in [-0.3, -0.25) is 4.79 Å². The summed E-state index contributed by atoms with van der Waals surface area (Å²) in [5.74, 6) is -0.370. The highest BCUT2D eigenvalue weighted by Gasteiger charge is 2.40. The molecule has 0 aromatic carbocycles. The summed E-state index contributed by atoms with van der Waals surface area (Å²) >= 11 is 0. The molecule has 1 amide bonds. The molecule has 1 aliphatic heterocycles. The Labute approximate surface area is 122 Å². The minimum atomic E-state index is -3.55. The Morgan fingerprint density at radius 1 is 1.47 bits per heavy atom. The lowest BCUT2D eigenvalue weighted by Gasteiger charge is -2.27. The number of hydrogen-bond donors (Lipinski definition) is 1. The van der Waals surface area contributed by atoms with E-state index in [0.29, 0.717) is 13.1 Å². The van der Waals surface area contributed by atoms with E-state index in [0.717, 1.165) is 12.8 Å². The predicted molar refractivity (Wildman–Crippen MR) is 78.0 cm³/mol. The van der Waals surface area contributed by atoms with Gasteiger partial charge in [-0.1, -0.05) is 0 Å². The highest BCUT2D eigenvalue weighted by molar-refractivity contribution is 7.90. The number of carbonyl (C=O) groups is 1. The predicted octanol–water partition coefficient (Wildman–Crippen LogP) is -0.101. The van der Waals surface area contributed by atoms with Crippen LogP contribution in [-0.4, -0.2) is 69.1 Å². The average Bonchev–Trinajstić information content (AvgIpc) is 2.76. The Morgan fingerprint density at radius 2 is 2.05 bits per heavy atom. The van der Waals surface area contributed by atoms with Gasteiger partial charge < -0.3 is 10.2 Å². The van der Waals surface area contributed by atoms with Gasteiger partial charge in [-0.15, -0.1) is 12.4 Å². The Kier molecular flexibility index (Phi) is 7.28. The lowest BCUT2D eigenvalue weighted by molar-refractivity contribution is -0.128. The number of likely N-dealkylation sites (N-methyl/N-ethyl adjacent to an activating group) is 1. The first-order valence-corrected chi connectivity index (χ1v) is 7.69. The molecule has 1 rings (SSSR count). The maximum atomic E-state index is 12.4. The van der Waals surface area contributed by atoms with Crippen molar-refractivity contribution in [2.75, 3.05) is 34.2 Å². The molecule has 1 aliphatic rings. The molecule has 0 bridgehead atoms. The van der Waals surface area contributed by atoms with Gasteiger partial charge in [0.2, 0.25) is 15.9 Å². The Balaban J connectivity index is 0.00000324. The van der Waals surface area contributed by atoms with Crippen LogP contribution in [0.3, 0.4) is 0 Å². The second-order valence-electron chi connectivity index (χ2n) is 4.88. The summed E-state index contributed by atoms with van der Waals surface area (Å²) in [5, 5.41) is 1.99. The van der Waals surface area contributed by atoms with Crippen LogP contribution in [0, 0.1) is 0 Å². The zero-order chi connectivity index (χ0) is 13.9. The molecule has 19 heavy (non-hydrogen) atoms. The third kappa shape index (κ3) is 4.05. The van der Waals surface area contributed by atoms with Gasteiger partial charge >= 0.3 is 0 Å². The fourth-order valence-electron chi connectivity index (χ4n) is 2.28. The fourth-order valence-corrected chi connectivity index (χ4v) is 4.13. The quantitative estimate of drug-likeness (QED) is 0.769. The minimum absolute atomic E-state index is 0. The van der Waals surface area contributed by atoms with Gasteiger partial charge in [0.05, 0.1) is 0 Å². The topological polar surface area (TPSA) is 69.7 Å². The van der Waals surface area contributed by atoms with Crippen LogP contribution < -0.4 is 5.32 Å². The first-order chi connectivity index (χ1) is 8.32. The van der Waals surface area contributed by atoms with E-state index in [-0.39, 0.29) is 24.4 Å². The molecule has 0 saturated carbocycles. The van der Waals surface area contributed by atoms with Crippen molar-refractivity contribution in [3.63, 3.8) is 0 Å². The van der Waals surface area contributed by atoms with E-state index in [1.54, 1.807) is 21.1 Å². The summed E-state index contributed by atoms with van der Waals surface area (Å²) in [6, 6.07) is -0.0302. The summed E-state index contributed by atoms with van der Waals surface area (Å²) in [4.78, 5) is 13.1. The van der Waals surface area contributed by atoms with Gasteiger partial charge in [0.1, 0.15) is 0 Å². The van der Waals surface area contributed by atoms with Crippen LogP contribution in [0.2, 0.25) is 0 Å². The monoisotopic (exact) mass is 313 g/mol. The van der Waals surface area contributed by atoms with Gasteiger partial charge in [-0.2, -0.15) is 4.31 Å². The SMILES string of the molecule is CNCC1CCCN1S(=O)(=O)C(C)C(=O)N(C)C.Cl. The molecule has 114 valence electrons. The van der Waals surface area contributed by atoms with Crippen molar-refractivity contribution in [2.24, 2.45) is 0 Å². The lowest BCUT2D eigenvalue weighted by atomic mass is 10.2. The van der Waals surface area contributed by atoms with Gasteiger partial charge in [0.25, 0.3) is 0 Å². The number of amides is 1. The van der Waals surface area contributed by atoms with Crippen LogP contribution in [-0.2, 0) is 14.8 Å². The lowest BCUT2D eigenvalue weighted by Crippen LogP contribution is -2.48. The van der Waals surface area contributed by atoms with Gasteiger partial charge in [-0.05, 0) is 26.8 Å². The fraction of sp³-hybridized carbons (Fsp3) is 0.909. The average molecular weight is 314 g/mol. The molecule has 1 saturated heterocycles. The molecule has 0 aromatic rings. The van der Waals surface area contributed by atoms with Crippen molar-refractivity contribution in [3.05, 3.63) is 0 Å². The van der Waals surface area contributed by atoms with Crippen LogP contribution in [0.1, 0.15) is 19.8 Å². The Morgan fingerprint density at radius 3 is 2.53 bits per heavy atom. The van der Waals surface area contributed by atoms with E-state index >= 15 is 0 Å². The highest BCUT2D eigenvalue weighted by atomic mass is 35.5. The third-order valence-corrected chi connectivity index (χ3v) is 5.55. The summed E-state index contributed by atoms with van der Waals surface area (Å²) < 4.78 is 26.3. The molecule has 2 atom stereocenters. The molecule has 0 aromatic heterocycles. The Hall–Kier alpha value is -0.370. The number of halogens is 1. The molecule has 6 nitrogen and oxygen atoms in total. The van der Waals surface area contributed by atoms with Crippen molar-refractivity contribution >= 4 is 28.3 Å². The zero-order valence-corrected chi connectivity index (χ0v) is 13.6. The van der Waals surface area contributed by atoms with Gasteiger partial charge in [0.15, 0.2) is 5.25 Å². The summed E-state index contributed by atoms with van der Waals surface area (Å²) in [7, 11) is 1.40. The number of carbonyl (C=O) groups excluding carboxylic acids is 1. The van der Waals surface area contributed by atoms with E-state index in [4.69, 9.17) is 0 Å². The van der Waals surface area contributed by atoms with Crippen LogP contribution in [0.4, 0.5) is 0 Å². The number of nitrogens with one attached hydrogen (secondary N) is 1. The largest absolute Gasteiger partial charge is 0.348 e. The molecule has 0 spiro atoms. The van der Waals surface area contributed by atoms with E-state index in [9.17, 15) is 13.2 Å². The second-order valence-corrected chi connectivity index (χ2v) is 7.09. The second kappa shape index (κ2) is 7.42. The molecule has 1 fully saturated rings. The molecule has 0 aliphatic carbocycles. The first-order valence-electron chi connectivity index (χ1n) is 6.18. The van der Waals surface area contributed by atoms with Crippen LogP contribution in [0.15, 0.2) is 0 Å². The third-order valence-electron chi connectivity index (χ3n) is 3.33. The van der Waals surface area contributed by atoms with Crippen molar-refractivity contribution in [1.29, 1.82) is 0 Å². The summed E-state index contributed by atoms with van der Waals surface area (Å²) in [6.07, 6.45) is 1.71. The highest BCUT2D eigenvalue weighted by Crippen LogP contribution is 2.23. The van der Waals surface area contributed by atoms with Crippen molar-refractivity contribution in [3.8, 4) is 0 Å². The number of hydrogen-bond acceptors (Lipinski definition) is 4. The normalized spacial score (nSPS) is 21.8. The molecular formula is C11H24ClN3O3S. The van der Waals surface area contributed by atoms with E-state index < -0.39 is 15.3 Å². The van der Waals surface area contributed by atoms with Crippen LogP contribution in [0.5, 0.6) is 0 Å². The molecule has 0 radical (unpaired) electrons. The number of nitrogens with zero attached hydrogens (tertiary/aromatic N) is 2. The standard InChI is InChI=1S/C11H23N3O3S.ClH/c1-9(11(15)13(3)4)18(16,17)14-7-5-6-10(14)8-12-2;/h9-10,12H,5-8H2,1-4H3;1H. The zero-order valence-electron chi connectivity index (χ0n) is 11.9. The van der Waals surface area contributed by atoms with Gasteiger partial charge in [0, 0.05) is 33.2 Å². The summed E-state index contributed by atoms with van der Waals surface area (Å²) in [5.41, 5.74) is 0. The molecular weight excluding hydrogens is 290 g/mol. The van der Waals surface area contributed by atoms with E-state index in [1.807, 2.05) is 0 Å². The molecule has 1 N–H and O–H groups in total. The summed E-state index contributed by atoms with van der Waals surface area (Å²) in [6.45, 7) is 2.61. The minimum Gasteiger partial charge on any atom is -0.348 e. The number of sulfonamides is 1. The van der Waals surface area contributed by atoms with E-state index in [1.165, 1.54) is 16.1 Å². The van der Waals surface area contributed by atoms with Gasteiger partial charge in [-0.25, -0.2) is 8.42 Å². The molecule has 8 heteroatoms. The van der Waals surface area contributed by atoms with E-state index in [2.05, 4.69) is 5.32 Å². The smallest absolute Gasteiger partial charge is 0.241 e. The molecule has 1 heterocycles. The number of rotatable bonds is 5. The maximum Gasteiger partial charge on any atom is 0.241 e. The molecule has 2 unspecified atom stereocenters. The Bertz CT molecular complexity index is 400. The first kappa shape index (κ1) is 18.6. The van der Waals surface area contributed by atoms with Crippen LogP contribution >= 0.6 is 12.4 Å². The van der Waals surface area contributed by atoms with Crippen molar-refractivity contribution < 1.29 is 13.2 Å².